The van der Waals surface area contributed by atoms with Crippen molar-refractivity contribution in [1.82, 2.24) is 5.32 Å². The fourth-order valence-corrected chi connectivity index (χ4v) is 1.63. The number of nitrogens with one attached hydrogen (secondary N) is 1. The molecule has 0 saturated carbocycles. The molecule has 1 rings (SSSR count). The Hall–Kier alpha value is 0.0200. The van der Waals surface area contributed by atoms with Gasteiger partial charge in [-0.1, -0.05) is 34.9 Å². The fraction of sp³-hybridized carbons (Fsp3) is 0.600. The van der Waals surface area contributed by atoms with E-state index in [4.69, 9.17) is 23.2 Å². The summed E-state index contributed by atoms with van der Waals surface area (Å²) < 4.78 is 0. The largest absolute Gasteiger partial charge is 0.311 e. The highest BCUT2D eigenvalue weighted by Crippen LogP contribution is 2.19. The second-order valence-electron chi connectivity index (χ2n) is 3.24. The van der Waals surface area contributed by atoms with E-state index in [1.54, 1.807) is 5.57 Å². The van der Waals surface area contributed by atoms with Crippen LogP contribution in [0.5, 0.6) is 0 Å². The van der Waals surface area contributed by atoms with Crippen LogP contribution in [0.1, 0.15) is 25.7 Å². The third kappa shape index (κ3) is 4.70. The number of halogens is 2. The molecular weight excluding hydrogens is 205 g/mol. The number of allylic oxidation sites excluding steroid dienone is 1. The summed E-state index contributed by atoms with van der Waals surface area (Å²) in [7, 11) is 0. The van der Waals surface area contributed by atoms with Crippen molar-refractivity contribution in [2.45, 2.75) is 25.7 Å². The van der Waals surface area contributed by atoms with Gasteiger partial charge in [-0.15, -0.1) is 0 Å². The zero-order chi connectivity index (χ0) is 9.52. The first-order valence-electron chi connectivity index (χ1n) is 4.66. The van der Waals surface area contributed by atoms with Crippen molar-refractivity contribution in [2.75, 3.05) is 13.1 Å². The Morgan fingerprint density at radius 2 is 2.46 bits per heavy atom. The normalized spacial score (nSPS) is 17.7. The molecule has 0 radical (unpaired) electrons. The van der Waals surface area contributed by atoms with Gasteiger partial charge in [0.25, 0.3) is 0 Å². The monoisotopic (exact) mass is 219 g/mol. The van der Waals surface area contributed by atoms with E-state index in [1.807, 2.05) is 0 Å². The SMILES string of the molecule is Cl/C=C(/Cl)CNCCC1=CCCC1. The minimum atomic E-state index is 0.669. The quantitative estimate of drug-likeness (QED) is 0.553. The Balaban J connectivity index is 2.01. The van der Waals surface area contributed by atoms with Crippen molar-refractivity contribution < 1.29 is 0 Å². The van der Waals surface area contributed by atoms with E-state index in [0.29, 0.717) is 11.6 Å². The molecule has 0 bridgehead atoms. The summed E-state index contributed by atoms with van der Waals surface area (Å²) in [5, 5.41) is 3.91. The number of rotatable bonds is 5. The van der Waals surface area contributed by atoms with E-state index < -0.39 is 0 Å². The molecule has 0 fully saturated rings. The van der Waals surface area contributed by atoms with E-state index in [9.17, 15) is 0 Å². The number of hydrogen-bond acceptors (Lipinski definition) is 1. The Kier molecular flexibility index (Phi) is 5.52. The van der Waals surface area contributed by atoms with Crippen molar-refractivity contribution in [3.63, 3.8) is 0 Å². The molecule has 1 aliphatic rings. The molecule has 0 aliphatic heterocycles. The zero-order valence-corrected chi connectivity index (χ0v) is 9.17. The Morgan fingerprint density at radius 3 is 3.08 bits per heavy atom. The smallest absolute Gasteiger partial charge is 0.0431 e. The van der Waals surface area contributed by atoms with E-state index >= 15 is 0 Å². The minimum absolute atomic E-state index is 0.669. The van der Waals surface area contributed by atoms with Gasteiger partial charge < -0.3 is 5.32 Å². The van der Waals surface area contributed by atoms with Crippen molar-refractivity contribution in [3.05, 3.63) is 22.2 Å². The second-order valence-corrected chi connectivity index (χ2v) is 3.94. The van der Waals surface area contributed by atoms with Gasteiger partial charge in [-0.3, -0.25) is 0 Å². The van der Waals surface area contributed by atoms with Gasteiger partial charge in [0.05, 0.1) is 0 Å². The molecule has 3 heteroatoms. The number of hydrogen-bond donors (Lipinski definition) is 1. The van der Waals surface area contributed by atoms with Gasteiger partial charge in [-0.05, 0) is 32.2 Å². The molecular formula is C10H15Cl2N. The minimum Gasteiger partial charge on any atom is -0.311 e. The maximum Gasteiger partial charge on any atom is 0.0431 e. The molecule has 0 atom stereocenters. The van der Waals surface area contributed by atoms with Gasteiger partial charge in [0.2, 0.25) is 0 Å². The third-order valence-corrected chi connectivity index (χ3v) is 2.79. The van der Waals surface area contributed by atoms with Crippen LogP contribution >= 0.6 is 23.2 Å². The predicted octanol–water partition coefficient (Wildman–Crippen LogP) is 3.40. The molecule has 0 heterocycles. The van der Waals surface area contributed by atoms with E-state index in [-0.39, 0.29) is 0 Å². The van der Waals surface area contributed by atoms with E-state index in [2.05, 4.69) is 11.4 Å². The van der Waals surface area contributed by atoms with Gasteiger partial charge in [-0.2, -0.15) is 0 Å². The summed E-state index contributed by atoms with van der Waals surface area (Å²) in [5.41, 5.74) is 2.99. The summed E-state index contributed by atoms with van der Waals surface area (Å²) in [5.74, 6) is 0. The molecule has 0 aromatic carbocycles. The van der Waals surface area contributed by atoms with Crippen LogP contribution in [0.15, 0.2) is 22.2 Å². The Bertz CT molecular complexity index is 209. The molecule has 1 aliphatic carbocycles. The fourth-order valence-electron chi connectivity index (χ4n) is 1.46. The lowest BCUT2D eigenvalue weighted by Gasteiger charge is -2.03. The topological polar surface area (TPSA) is 12.0 Å². The maximum absolute atomic E-state index is 5.71. The Morgan fingerprint density at radius 1 is 1.62 bits per heavy atom. The molecule has 0 saturated heterocycles. The van der Waals surface area contributed by atoms with Crippen LogP contribution in [0.3, 0.4) is 0 Å². The van der Waals surface area contributed by atoms with Crippen molar-refractivity contribution in [1.29, 1.82) is 0 Å². The summed E-state index contributed by atoms with van der Waals surface area (Å²) in [6.07, 6.45) is 7.36. The van der Waals surface area contributed by atoms with Gasteiger partial charge >= 0.3 is 0 Å². The zero-order valence-electron chi connectivity index (χ0n) is 7.65. The Labute approximate surface area is 89.8 Å². The summed E-state index contributed by atoms with van der Waals surface area (Å²) in [4.78, 5) is 0. The summed E-state index contributed by atoms with van der Waals surface area (Å²) >= 11 is 11.1. The van der Waals surface area contributed by atoms with Gasteiger partial charge in [0.1, 0.15) is 0 Å². The van der Waals surface area contributed by atoms with Crippen LogP contribution in [0, 0.1) is 0 Å². The average molecular weight is 220 g/mol. The lowest BCUT2D eigenvalue weighted by Crippen LogP contribution is -2.17. The van der Waals surface area contributed by atoms with Gasteiger partial charge in [-0.25, -0.2) is 0 Å². The average Bonchev–Trinajstić information content (AvgIpc) is 2.64. The molecule has 74 valence electrons. The molecule has 1 nitrogen and oxygen atoms in total. The van der Waals surface area contributed by atoms with Gasteiger partial charge in [0.15, 0.2) is 0 Å². The van der Waals surface area contributed by atoms with Crippen LogP contribution in [-0.4, -0.2) is 13.1 Å². The van der Waals surface area contributed by atoms with Crippen molar-refractivity contribution >= 4 is 23.2 Å². The van der Waals surface area contributed by atoms with Crippen LogP contribution in [0.2, 0.25) is 0 Å². The van der Waals surface area contributed by atoms with Crippen LogP contribution < -0.4 is 5.32 Å². The van der Waals surface area contributed by atoms with Gasteiger partial charge in [0, 0.05) is 17.1 Å². The molecule has 1 N–H and O–H groups in total. The molecule has 13 heavy (non-hydrogen) atoms. The molecule has 0 unspecified atom stereocenters. The third-order valence-electron chi connectivity index (χ3n) is 2.17. The van der Waals surface area contributed by atoms with Crippen LogP contribution in [0.25, 0.3) is 0 Å². The maximum atomic E-state index is 5.71. The first-order valence-corrected chi connectivity index (χ1v) is 5.47. The van der Waals surface area contributed by atoms with Crippen molar-refractivity contribution in [2.24, 2.45) is 0 Å². The van der Waals surface area contributed by atoms with E-state index in [1.165, 1.54) is 24.8 Å². The molecule has 0 aromatic heterocycles. The lowest BCUT2D eigenvalue weighted by atomic mass is 10.2. The first kappa shape index (κ1) is 11.1. The highest BCUT2D eigenvalue weighted by Gasteiger charge is 2.03. The summed E-state index contributed by atoms with van der Waals surface area (Å²) in [6, 6.07) is 0. The molecule has 0 amide bonds. The van der Waals surface area contributed by atoms with Crippen LogP contribution in [-0.2, 0) is 0 Å². The highest BCUT2D eigenvalue weighted by atomic mass is 35.5. The predicted molar refractivity (Wildman–Crippen MR) is 59.2 cm³/mol. The lowest BCUT2D eigenvalue weighted by molar-refractivity contribution is 0.722. The van der Waals surface area contributed by atoms with E-state index in [0.717, 1.165) is 13.0 Å². The standard InChI is InChI=1S/C10H15Cl2N/c11-7-10(12)8-13-6-5-9-3-1-2-4-9/h3,7,13H,1-2,4-6,8H2/b10-7+. The second kappa shape index (κ2) is 6.47. The van der Waals surface area contributed by atoms with Crippen molar-refractivity contribution in [3.8, 4) is 0 Å². The molecule has 0 aromatic rings. The van der Waals surface area contributed by atoms with Crippen LogP contribution in [0.4, 0.5) is 0 Å². The highest BCUT2D eigenvalue weighted by molar-refractivity contribution is 6.36. The molecule has 0 spiro atoms. The first-order chi connectivity index (χ1) is 6.33. The summed E-state index contributed by atoms with van der Waals surface area (Å²) in [6.45, 7) is 1.67.